The summed E-state index contributed by atoms with van der Waals surface area (Å²) in [5.41, 5.74) is 14.5. The number of amides is 1. The first-order chi connectivity index (χ1) is 16.0. The Kier molecular flexibility index (Phi) is 5.69. The third-order valence-corrected chi connectivity index (χ3v) is 5.06. The number of anilines is 3. The van der Waals surface area contributed by atoms with E-state index in [9.17, 15) is 10.0 Å². The Hall–Kier alpha value is -4.78. The molecular weight excluding hydrogens is 424 g/mol. The molecule has 0 spiro atoms. The van der Waals surface area contributed by atoms with Crippen molar-refractivity contribution in [3.8, 4) is 23.5 Å². The lowest BCUT2D eigenvalue weighted by Gasteiger charge is -2.13. The van der Waals surface area contributed by atoms with Gasteiger partial charge in [-0.2, -0.15) is 4.98 Å². The molecule has 10 nitrogen and oxygen atoms in total. The molecule has 3 aromatic rings. The third kappa shape index (κ3) is 3.95. The van der Waals surface area contributed by atoms with Crippen molar-refractivity contribution >= 4 is 29.1 Å². The molecule has 10 heteroatoms. The lowest BCUT2D eigenvalue weighted by molar-refractivity contribution is -0.111. The van der Waals surface area contributed by atoms with Crippen molar-refractivity contribution < 1.29 is 19.5 Å². The van der Waals surface area contributed by atoms with Crippen LogP contribution < -0.4 is 25.8 Å². The summed E-state index contributed by atoms with van der Waals surface area (Å²) >= 11 is 0. The largest absolute Gasteiger partial charge is 0.493 e. The fourth-order valence-corrected chi connectivity index (χ4v) is 3.53. The van der Waals surface area contributed by atoms with Gasteiger partial charge in [0.05, 0.1) is 25.5 Å². The van der Waals surface area contributed by atoms with Crippen molar-refractivity contribution in [3.05, 3.63) is 64.8 Å². The molecule has 0 atom stereocenters. The molecule has 0 saturated heterocycles. The van der Waals surface area contributed by atoms with E-state index in [0.717, 1.165) is 5.56 Å². The lowest BCUT2D eigenvalue weighted by Crippen LogP contribution is -2.25. The number of hydrogen-bond donors (Lipinski definition) is 3. The molecule has 2 aromatic carbocycles. The van der Waals surface area contributed by atoms with Crippen LogP contribution in [-0.2, 0) is 11.2 Å². The number of nitrogens with zero attached hydrogens (tertiary/aromatic N) is 4. The summed E-state index contributed by atoms with van der Waals surface area (Å²) in [5.74, 6) is 3.69. The maximum atomic E-state index is 12.7. The van der Waals surface area contributed by atoms with E-state index in [1.807, 2.05) is 0 Å². The zero-order valence-electron chi connectivity index (χ0n) is 17.9. The minimum Gasteiger partial charge on any atom is -0.493 e. The minimum absolute atomic E-state index is 0.0722. The molecule has 4 rings (SSSR count). The van der Waals surface area contributed by atoms with Crippen LogP contribution in [0.2, 0.25) is 0 Å². The lowest BCUT2D eigenvalue weighted by atomic mass is 10.0. The predicted octanol–water partition coefficient (Wildman–Crippen LogP) is 1.78. The highest BCUT2D eigenvalue weighted by atomic mass is 16.5. The second-order valence-electron chi connectivity index (χ2n) is 7.04. The first-order valence-corrected chi connectivity index (χ1v) is 9.76. The van der Waals surface area contributed by atoms with Crippen LogP contribution in [0.3, 0.4) is 0 Å². The molecule has 0 bridgehead atoms. The van der Waals surface area contributed by atoms with E-state index < -0.39 is 5.91 Å². The molecule has 0 fully saturated rings. The van der Waals surface area contributed by atoms with Gasteiger partial charge in [-0.15, -0.1) is 0 Å². The van der Waals surface area contributed by atoms with Crippen molar-refractivity contribution in [3.63, 3.8) is 0 Å². The molecule has 166 valence electrons. The number of methoxy groups -OCH3 is 2. The summed E-state index contributed by atoms with van der Waals surface area (Å²) in [4.78, 5) is 21.9. The number of rotatable bonds is 4. The summed E-state index contributed by atoms with van der Waals surface area (Å²) in [5, 5.41) is 12.4. The number of hydrogen-bond acceptors (Lipinski definition) is 9. The van der Waals surface area contributed by atoms with E-state index in [2.05, 4.69) is 27.1 Å². The molecule has 5 N–H and O–H groups in total. The molecule has 1 amide bonds. The Morgan fingerprint density at radius 3 is 2.67 bits per heavy atom. The predicted molar refractivity (Wildman–Crippen MR) is 122 cm³/mol. The maximum Gasteiger partial charge on any atom is 0.292 e. The molecule has 2 heterocycles. The topological polar surface area (TPSA) is 149 Å². The van der Waals surface area contributed by atoms with Gasteiger partial charge in [-0.05, 0) is 29.7 Å². The Morgan fingerprint density at radius 2 is 1.97 bits per heavy atom. The van der Waals surface area contributed by atoms with Crippen LogP contribution in [0.1, 0.15) is 22.3 Å². The number of fused-ring (bicyclic) bond motifs is 1. The zero-order chi connectivity index (χ0) is 23.5. The van der Waals surface area contributed by atoms with E-state index in [4.69, 9.17) is 20.9 Å². The molecule has 1 aliphatic heterocycles. The van der Waals surface area contributed by atoms with Gasteiger partial charge in [-0.1, -0.05) is 23.4 Å². The average Bonchev–Trinajstić information content (AvgIpc) is 3.09. The van der Waals surface area contributed by atoms with E-state index in [0.29, 0.717) is 40.3 Å². The fourth-order valence-electron chi connectivity index (χ4n) is 3.53. The number of oxime groups is 1. The van der Waals surface area contributed by atoms with Crippen LogP contribution in [0.25, 0.3) is 0 Å². The van der Waals surface area contributed by atoms with Gasteiger partial charge in [-0.3, -0.25) is 4.79 Å². The van der Waals surface area contributed by atoms with Crippen LogP contribution in [-0.4, -0.2) is 41.0 Å². The average molecular weight is 444 g/mol. The number of carbonyl (C=O) groups is 1. The van der Waals surface area contributed by atoms with Crippen LogP contribution in [0.5, 0.6) is 11.5 Å². The number of aromatic nitrogens is 2. The standard InChI is InChI=1S/C23H20N6O4/c1-32-18-11-13(10-15-12-26-23(25)27-21(15)24)9-14(20(18)33-2)7-8-29-17-6-4-3-5-16(17)19(28-31)22(29)30/h3-6,9,11-12,31H,10H2,1-2H3,(H4,24,25,26,27)/b28-19+. The van der Waals surface area contributed by atoms with Gasteiger partial charge in [0, 0.05) is 29.8 Å². The summed E-state index contributed by atoms with van der Waals surface area (Å²) < 4.78 is 11.0. The van der Waals surface area contributed by atoms with Gasteiger partial charge in [0.15, 0.2) is 17.2 Å². The molecule has 0 aliphatic carbocycles. The van der Waals surface area contributed by atoms with Crippen molar-refractivity contribution in [2.75, 3.05) is 30.6 Å². The van der Waals surface area contributed by atoms with Crippen molar-refractivity contribution in [1.29, 1.82) is 0 Å². The maximum absolute atomic E-state index is 12.7. The second kappa shape index (κ2) is 8.76. The van der Waals surface area contributed by atoms with Gasteiger partial charge >= 0.3 is 0 Å². The molecule has 0 radical (unpaired) electrons. The van der Waals surface area contributed by atoms with Gasteiger partial charge in [0.25, 0.3) is 5.91 Å². The number of nitrogen functional groups attached to an aromatic ring is 2. The summed E-state index contributed by atoms with van der Waals surface area (Å²) in [6.07, 6.45) is 1.96. The van der Waals surface area contributed by atoms with Crippen LogP contribution >= 0.6 is 0 Å². The molecule has 1 aromatic heterocycles. The van der Waals surface area contributed by atoms with Crippen LogP contribution in [0.4, 0.5) is 17.5 Å². The van der Waals surface area contributed by atoms with Crippen molar-refractivity contribution in [2.24, 2.45) is 5.16 Å². The molecule has 0 saturated carbocycles. The number of benzene rings is 2. The Labute approximate surface area is 189 Å². The molecular formula is C23H20N6O4. The fraction of sp³-hybridized carbons (Fsp3) is 0.130. The Balaban J connectivity index is 1.76. The van der Waals surface area contributed by atoms with Crippen molar-refractivity contribution in [1.82, 2.24) is 9.97 Å². The normalized spacial score (nSPS) is 13.5. The highest BCUT2D eigenvalue weighted by Gasteiger charge is 2.33. The SMILES string of the molecule is COc1cc(Cc2cnc(N)nc2N)cc(C#CN2C(=O)/C(=N/O)c3ccccc32)c1OC. The Bertz CT molecular complexity index is 1340. The molecule has 33 heavy (non-hydrogen) atoms. The second-order valence-corrected chi connectivity index (χ2v) is 7.04. The zero-order valence-corrected chi connectivity index (χ0v) is 17.9. The van der Waals surface area contributed by atoms with Gasteiger partial charge in [-0.25, -0.2) is 9.88 Å². The Morgan fingerprint density at radius 1 is 1.18 bits per heavy atom. The third-order valence-electron chi connectivity index (χ3n) is 5.06. The highest BCUT2D eigenvalue weighted by molar-refractivity contribution is 6.54. The van der Waals surface area contributed by atoms with Crippen LogP contribution in [0.15, 0.2) is 47.8 Å². The highest BCUT2D eigenvalue weighted by Crippen LogP contribution is 2.34. The van der Waals surface area contributed by atoms with E-state index in [1.54, 1.807) is 42.6 Å². The molecule has 1 aliphatic rings. The smallest absolute Gasteiger partial charge is 0.292 e. The molecule has 0 unspecified atom stereocenters. The number of carbonyl (C=O) groups excluding carboxylic acids is 1. The number of para-hydroxylation sites is 1. The summed E-state index contributed by atoms with van der Waals surface area (Å²) in [6, 6.07) is 13.4. The van der Waals surface area contributed by atoms with Crippen LogP contribution in [0, 0.1) is 12.0 Å². The summed E-state index contributed by atoms with van der Waals surface area (Å²) in [6.45, 7) is 0. The van der Waals surface area contributed by atoms with E-state index in [-0.39, 0.29) is 17.5 Å². The monoisotopic (exact) mass is 444 g/mol. The van der Waals surface area contributed by atoms with E-state index in [1.165, 1.54) is 19.1 Å². The number of nitrogens with two attached hydrogens (primary N) is 2. The first kappa shape index (κ1) is 21.5. The van der Waals surface area contributed by atoms with Gasteiger partial charge in [0.2, 0.25) is 5.95 Å². The van der Waals surface area contributed by atoms with Gasteiger partial charge < -0.3 is 26.1 Å². The van der Waals surface area contributed by atoms with Crippen molar-refractivity contribution in [2.45, 2.75) is 6.42 Å². The quantitative estimate of drug-likeness (QED) is 0.313. The van der Waals surface area contributed by atoms with Gasteiger partial charge in [0.1, 0.15) is 5.82 Å². The van der Waals surface area contributed by atoms with E-state index >= 15 is 0 Å². The minimum atomic E-state index is -0.528. The summed E-state index contributed by atoms with van der Waals surface area (Å²) in [7, 11) is 3.02. The number of ether oxygens (including phenoxy) is 2. The first-order valence-electron chi connectivity index (χ1n) is 9.76.